The number of nitrogens with zero attached hydrogens (tertiary/aromatic N) is 2. The van der Waals surface area contributed by atoms with Gasteiger partial charge in [-0.15, -0.1) is 0 Å². The zero-order valence-electron chi connectivity index (χ0n) is 25.8. The van der Waals surface area contributed by atoms with Crippen molar-refractivity contribution in [2.45, 2.75) is 85.7 Å². The number of rotatable bonds is 12. The monoisotopic (exact) mass is 620 g/mol. The summed E-state index contributed by atoms with van der Waals surface area (Å²) in [7, 11) is 0. The summed E-state index contributed by atoms with van der Waals surface area (Å²) in [6.07, 6.45) is 8.47. The molecule has 2 aromatic heterocycles. The molecule has 0 bridgehead atoms. The highest BCUT2D eigenvalue weighted by atomic mass is 79.9. The predicted octanol–water partition coefficient (Wildman–Crippen LogP) is 11.5. The van der Waals surface area contributed by atoms with Crippen molar-refractivity contribution in [3.8, 4) is 0 Å². The number of halogens is 1. The lowest BCUT2D eigenvalue weighted by molar-refractivity contribution is 0.401. The summed E-state index contributed by atoms with van der Waals surface area (Å²) in [5, 5.41) is 6.63. The molecule has 4 aromatic carbocycles. The number of fused-ring (bicyclic) bond motifs is 6. The maximum Gasteiger partial charge on any atom is 0.0491 e. The topological polar surface area (TPSA) is 9.86 Å². The Kier molecular flexibility index (Phi) is 8.77. The molecule has 0 saturated heterocycles. The number of aryl methyl sites for hydroxylation is 3. The van der Waals surface area contributed by atoms with Crippen LogP contribution in [-0.4, -0.2) is 14.5 Å². The molecule has 2 heterocycles. The molecule has 2 nitrogen and oxygen atoms in total. The molecule has 0 aliphatic heterocycles. The Labute approximate surface area is 259 Å². The van der Waals surface area contributed by atoms with Gasteiger partial charge in [-0.25, -0.2) is 0 Å². The van der Waals surface area contributed by atoms with Gasteiger partial charge in [-0.1, -0.05) is 84.4 Å². The van der Waals surface area contributed by atoms with Crippen LogP contribution in [0.15, 0.2) is 72.8 Å². The predicted molar refractivity (Wildman–Crippen MR) is 188 cm³/mol. The molecule has 0 aliphatic carbocycles. The fourth-order valence-corrected chi connectivity index (χ4v) is 7.36. The van der Waals surface area contributed by atoms with E-state index < -0.39 is 0 Å². The molecule has 6 rings (SSSR count). The first-order valence-corrected chi connectivity index (χ1v) is 17.2. The van der Waals surface area contributed by atoms with E-state index in [1.165, 1.54) is 104 Å². The average Bonchev–Trinajstić information content (AvgIpc) is 3.46. The van der Waals surface area contributed by atoms with Gasteiger partial charge in [0.2, 0.25) is 0 Å². The molecule has 3 heteroatoms. The van der Waals surface area contributed by atoms with E-state index in [0.717, 1.165) is 30.8 Å². The summed E-state index contributed by atoms with van der Waals surface area (Å²) in [5.41, 5.74) is 10.9. The summed E-state index contributed by atoms with van der Waals surface area (Å²) in [6, 6.07) is 28.4. The lowest BCUT2D eigenvalue weighted by atomic mass is 9.99. The quantitative estimate of drug-likeness (QED) is 0.0950. The molecule has 1 unspecified atom stereocenters. The lowest BCUT2D eigenvalue weighted by Crippen LogP contribution is -2.10. The highest BCUT2D eigenvalue weighted by molar-refractivity contribution is 9.09. The van der Waals surface area contributed by atoms with E-state index >= 15 is 0 Å². The van der Waals surface area contributed by atoms with E-state index in [1.54, 1.807) is 0 Å². The second-order valence-corrected chi connectivity index (χ2v) is 13.3. The Morgan fingerprint density at radius 1 is 0.619 bits per heavy atom. The van der Waals surface area contributed by atoms with Gasteiger partial charge in [-0.2, -0.15) is 0 Å². The molecule has 0 saturated carbocycles. The molecule has 0 spiro atoms. The maximum atomic E-state index is 3.61. The van der Waals surface area contributed by atoms with Crippen LogP contribution >= 0.6 is 15.9 Å². The number of unbranched alkanes of at least 4 members (excludes halogenated alkanes) is 2. The Hall–Kier alpha value is -3.04. The smallest absolute Gasteiger partial charge is 0.0491 e. The highest BCUT2D eigenvalue weighted by Crippen LogP contribution is 2.34. The van der Waals surface area contributed by atoms with Gasteiger partial charge in [0.05, 0.1) is 0 Å². The van der Waals surface area contributed by atoms with Crippen LogP contribution in [0.1, 0.15) is 74.6 Å². The van der Waals surface area contributed by atoms with Crippen LogP contribution in [0.2, 0.25) is 0 Å². The van der Waals surface area contributed by atoms with Crippen LogP contribution in [0.4, 0.5) is 0 Å². The van der Waals surface area contributed by atoms with E-state index in [4.69, 9.17) is 0 Å². The normalized spacial score (nSPS) is 12.8. The van der Waals surface area contributed by atoms with Crippen LogP contribution < -0.4 is 0 Å². The van der Waals surface area contributed by atoms with Crippen molar-refractivity contribution < 1.29 is 0 Å². The average molecular weight is 622 g/mol. The third-order valence-corrected chi connectivity index (χ3v) is 9.89. The summed E-state index contributed by atoms with van der Waals surface area (Å²) < 4.78 is 5.14. The number of hydrogen-bond donors (Lipinski definition) is 0. The third-order valence-electron chi connectivity index (χ3n) is 9.33. The van der Waals surface area contributed by atoms with Crippen molar-refractivity contribution in [2.75, 3.05) is 5.33 Å². The number of alkyl halides is 1. The van der Waals surface area contributed by atoms with E-state index in [1.807, 2.05) is 0 Å². The van der Waals surface area contributed by atoms with Crippen molar-refractivity contribution in [2.24, 2.45) is 5.92 Å². The standard InChI is InChI=1S/C39H45BrN2/c1-5-7-10-29(6-2)26-42-38-16-12-28(4)22-33(38)35-25-31(14-18-39(35)42)23-30-13-17-37-34(24-30)32-21-27(3)11-15-36(32)41(37)20-9-8-19-40/h11-18,21-22,24-25,29H,5-10,19-20,23,26H2,1-4H3. The van der Waals surface area contributed by atoms with Gasteiger partial charge in [-0.3, -0.25) is 0 Å². The van der Waals surface area contributed by atoms with Crippen LogP contribution in [0, 0.1) is 19.8 Å². The van der Waals surface area contributed by atoms with Gasteiger partial charge in [0.15, 0.2) is 0 Å². The van der Waals surface area contributed by atoms with Gasteiger partial charge in [0, 0.05) is 62.0 Å². The van der Waals surface area contributed by atoms with E-state index in [9.17, 15) is 0 Å². The highest BCUT2D eigenvalue weighted by Gasteiger charge is 2.16. The molecule has 1 atom stereocenters. The molecule has 0 radical (unpaired) electrons. The minimum Gasteiger partial charge on any atom is -0.340 e. The number of aromatic nitrogens is 2. The van der Waals surface area contributed by atoms with Crippen molar-refractivity contribution in [1.29, 1.82) is 0 Å². The first-order chi connectivity index (χ1) is 20.5. The van der Waals surface area contributed by atoms with Gasteiger partial charge >= 0.3 is 0 Å². The summed E-state index contributed by atoms with van der Waals surface area (Å²) in [6.45, 7) is 11.3. The van der Waals surface area contributed by atoms with Crippen molar-refractivity contribution in [1.82, 2.24) is 9.13 Å². The van der Waals surface area contributed by atoms with Crippen molar-refractivity contribution in [3.05, 3.63) is 95.1 Å². The second-order valence-electron chi connectivity index (χ2n) is 12.5. The Balaban J connectivity index is 1.39. The molecule has 0 aliphatic rings. The first kappa shape index (κ1) is 29.1. The zero-order valence-corrected chi connectivity index (χ0v) is 27.4. The van der Waals surface area contributed by atoms with Gasteiger partial charge in [-0.05, 0) is 105 Å². The zero-order chi connectivity index (χ0) is 29.2. The second kappa shape index (κ2) is 12.7. The Morgan fingerprint density at radius 2 is 1.14 bits per heavy atom. The molecular formula is C39H45BrN2. The molecule has 0 amide bonds. The molecule has 0 N–H and O–H groups in total. The number of hydrogen-bond acceptors (Lipinski definition) is 0. The minimum absolute atomic E-state index is 0.724. The largest absolute Gasteiger partial charge is 0.340 e. The molecule has 0 fully saturated rings. The SMILES string of the molecule is CCCCC(CC)Cn1c2ccc(C)cc2c2cc(Cc3ccc4c(c3)c3cc(C)ccc3n4CCCCBr)ccc21. The van der Waals surface area contributed by atoms with E-state index in [-0.39, 0.29) is 0 Å². The fourth-order valence-electron chi connectivity index (χ4n) is 6.96. The number of benzene rings is 4. The Bertz CT molecular complexity index is 1850. The van der Waals surface area contributed by atoms with Crippen LogP contribution in [0.3, 0.4) is 0 Å². The van der Waals surface area contributed by atoms with Gasteiger partial charge < -0.3 is 9.13 Å². The maximum absolute atomic E-state index is 3.61. The van der Waals surface area contributed by atoms with Crippen LogP contribution in [0.5, 0.6) is 0 Å². The lowest BCUT2D eigenvalue weighted by Gasteiger charge is -2.17. The minimum atomic E-state index is 0.724. The first-order valence-electron chi connectivity index (χ1n) is 16.1. The van der Waals surface area contributed by atoms with E-state index in [2.05, 4.69) is 126 Å². The van der Waals surface area contributed by atoms with Crippen LogP contribution in [0.25, 0.3) is 43.6 Å². The summed E-state index contributed by atoms with van der Waals surface area (Å²) in [4.78, 5) is 0. The fraction of sp³-hybridized carbons (Fsp3) is 0.385. The van der Waals surface area contributed by atoms with Crippen molar-refractivity contribution >= 4 is 59.5 Å². The third kappa shape index (κ3) is 5.65. The summed E-state index contributed by atoms with van der Waals surface area (Å²) >= 11 is 3.61. The van der Waals surface area contributed by atoms with Crippen molar-refractivity contribution in [3.63, 3.8) is 0 Å². The molecular weight excluding hydrogens is 576 g/mol. The van der Waals surface area contributed by atoms with E-state index in [0.29, 0.717) is 0 Å². The molecule has 218 valence electrons. The van der Waals surface area contributed by atoms with Gasteiger partial charge in [0.1, 0.15) is 0 Å². The van der Waals surface area contributed by atoms with Crippen LogP contribution in [-0.2, 0) is 19.5 Å². The summed E-state index contributed by atoms with van der Waals surface area (Å²) in [5.74, 6) is 0.724. The molecule has 42 heavy (non-hydrogen) atoms. The van der Waals surface area contributed by atoms with Gasteiger partial charge in [0.25, 0.3) is 0 Å². The molecule has 6 aromatic rings. The Morgan fingerprint density at radius 3 is 1.67 bits per heavy atom.